The van der Waals surface area contributed by atoms with E-state index in [1.165, 1.54) is 6.20 Å². The van der Waals surface area contributed by atoms with Crippen molar-refractivity contribution in [3.63, 3.8) is 0 Å². The SMILES string of the molecule is COc1ccc(NC(=O)c2cnc(C)[nH]2)cc1. The first-order valence-electron chi connectivity index (χ1n) is 5.16. The lowest BCUT2D eigenvalue weighted by molar-refractivity contribution is 0.102. The van der Waals surface area contributed by atoms with Crippen molar-refractivity contribution in [3.05, 3.63) is 42.0 Å². The Balaban J connectivity index is 2.07. The number of anilines is 1. The lowest BCUT2D eigenvalue weighted by Crippen LogP contribution is -2.12. The van der Waals surface area contributed by atoms with Crippen LogP contribution in [0.1, 0.15) is 16.3 Å². The summed E-state index contributed by atoms with van der Waals surface area (Å²) in [6.45, 7) is 1.80. The quantitative estimate of drug-likeness (QED) is 0.848. The molecule has 2 N–H and O–H groups in total. The summed E-state index contributed by atoms with van der Waals surface area (Å²) in [6.07, 6.45) is 1.51. The molecule has 0 fully saturated rings. The number of benzene rings is 1. The smallest absolute Gasteiger partial charge is 0.273 e. The maximum Gasteiger partial charge on any atom is 0.273 e. The van der Waals surface area contributed by atoms with E-state index >= 15 is 0 Å². The van der Waals surface area contributed by atoms with E-state index in [2.05, 4.69) is 15.3 Å². The van der Waals surface area contributed by atoms with E-state index in [4.69, 9.17) is 4.74 Å². The third-order valence-corrected chi connectivity index (χ3v) is 2.30. The normalized spacial score (nSPS) is 10.0. The predicted molar refractivity (Wildman–Crippen MR) is 64.3 cm³/mol. The van der Waals surface area contributed by atoms with E-state index in [0.717, 1.165) is 5.75 Å². The molecule has 5 nitrogen and oxygen atoms in total. The summed E-state index contributed by atoms with van der Waals surface area (Å²) >= 11 is 0. The number of aryl methyl sites for hydroxylation is 1. The Hall–Kier alpha value is -2.30. The summed E-state index contributed by atoms with van der Waals surface area (Å²) in [4.78, 5) is 18.6. The Kier molecular flexibility index (Phi) is 3.09. The van der Waals surface area contributed by atoms with Gasteiger partial charge in [-0.3, -0.25) is 4.79 Å². The molecule has 0 saturated carbocycles. The van der Waals surface area contributed by atoms with Gasteiger partial charge in [0.2, 0.25) is 0 Å². The van der Waals surface area contributed by atoms with Crippen molar-refractivity contribution in [2.45, 2.75) is 6.92 Å². The summed E-state index contributed by atoms with van der Waals surface area (Å²) in [5.74, 6) is 1.25. The molecule has 0 aliphatic heterocycles. The Morgan fingerprint density at radius 1 is 1.35 bits per heavy atom. The molecule has 0 atom stereocenters. The van der Waals surface area contributed by atoms with Crippen LogP contribution in [0, 0.1) is 6.92 Å². The summed E-state index contributed by atoms with van der Waals surface area (Å²) in [6, 6.07) is 7.13. The second-order valence-corrected chi connectivity index (χ2v) is 3.56. The highest BCUT2D eigenvalue weighted by Crippen LogP contribution is 2.15. The first kappa shape index (κ1) is 11.2. The summed E-state index contributed by atoms with van der Waals surface area (Å²) < 4.78 is 5.03. The standard InChI is InChI=1S/C12H13N3O2/c1-8-13-7-11(14-8)12(16)15-9-3-5-10(17-2)6-4-9/h3-7H,1-2H3,(H,13,14)(H,15,16). The molecule has 88 valence electrons. The number of hydrogen-bond donors (Lipinski definition) is 2. The third kappa shape index (κ3) is 2.63. The first-order valence-corrected chi connectivity index (χ1v) is 5.16. The highest BCUT2D eigenvalue weighted by molar-refractivity contribution is 6.02. The number of ether oxygens (including phenoxy) is 1. The zero-order chi connectivity index (χ0) is 12.3. The van der Waals surface area contributed by atoms with Gasteiger partial charge in [-0.15, -0.1) is 0 Å². The fourth-order valence-electron chi connectivity index (χ4n) is 1.41. The van der Waals surface area contributed by atoms with Crippen molar-refractivity contribution >= 4 is 11.6 Å². The minimum absolute atomic E-state index is 0.212. The molecular formula is C12H13N3O2. The van der Waals surface area contributed by atoms with Crippen molar-refractivity contribution in [1.29, 1.82) is 0 Å². The van der Waals surface area contributed by atoms with Gasteiger partial charge < -0.3 is 15.0 Å². The molecule has 2 rings (SSSR count). The number of hydrogen-bond acceptors (Lipinski definition) is 3. The monoisotopic (exact) mass is 231 g/mol. The number of aromatic amines is 1. The van der Waals surface area contributed by atoms with Gasteiger partial charge in [0.15, 0.2) is 0 Å². The van der Waals surface area contributed by atoms with E-state index in [-0.39, 0.29) is 5.91 Å². The molecule has 0 radical (unpaired) electrons. The molecule has 0 aliphatic rings. The molecule has 1 aromatic heterocycles. The van der Waals surface area contributed by atoms with Gasteiger partial charge in [0.25, 0.3) is 5.91 Å². The highest BCUT2D eigenvalue weighted by atomic mass is 16.5. The summed E-state index contributed by atoms with van der Waals surface area (Å²) in [5, 5.41) is 2.76. The number of methoxy groups -OCH3 is 1. The minimum Gasteiger partial charge on any atom is -0.497 e. The van der Waals surface area contributed by atoms with Crippen LogP contribution < -0.4 is 10.1 Å². The van der Waals surface area contributed by atoms with Crippen LogP contribution in [-0.2, 0) is 0 Å². The van der Waals surface area contributed by atoms with Crippen LogP contribution in [0.3, 0.4) is 0 Å². The highest BCUT2D eigenvalue weighted by Gasteiger charge is 2.08. The second-order valence-electron chi connectivity index (χ2n) is 3.56. The topological polar surface area (TPSA) is 67.0 Å². The summed E-state index contributed by atoms with van der Waals surface area (Å²) in [5.41, 5.74) is 1.15. The average molecular weight is 231 g/mol. The Morgan fingerprint density at radius 2 is 2.06 bits per heavy atom. The molecule has 1 heterocycles. The van der Waals surface area contributed by atoms with Gasteiger partial charge in [0.05, 0.1) is 13.3 Å². The van der Waals surface area contributed by atoms with Crippen LogP contribution >= 0.6 is 0 Å². The van der Waals surface area contributed by atoms with Crippen molar-refractivity contribution in [1.82, 2.24) is 9.97 Å². The van der Waals surface area contributed by atoms with Gasteiger partial charge in [0, 0.05) is 5.69 Å². The van der Waals surface area contributed by atoms with E-state index < -0.39 is 0 Å². The van der Waals surface area contributed by atoms with Crippen molar-refractivity contribution in [3.8, 4) is 5.75 Å². The molecule has 5 heteroatoms. The van der Waals surface area contributed by atoms with Gasteiger partial charge in [-0.1, -0.05) is 0 Å². The largest absolute Gasteiger partial charge is 0.497 e. The van der Waals surface area contributed by atoms with Gasteiger partial charge >= 0.3 is 0 Å². The number of rotatable bonds is 3. The fraction of sp³-hybridized carbons (Fsp3) is 0.167. The number of H-pyrrole nitrogens is 1. The van der Waals surface area contributed by atoms with E-state index in [9.17, 15) is 4.79 Å². The van der Waals surface area contributed by atoms with E-state index in [1.54, 1.807) is 38.3 Å². The number of aromatic nitrogens is 2. The molecule has 0 unspecified atom stereocenters. The number of carbonyl (C=O) groups is 1. The molecule has 0 saturated heterocycles. The van der Waals surface area contributed by atoms with Crippen molar-refractivity contribution in [2.24, 2.45) is 0 Å². The molecule has 17 heavy (non-hydrogen) atoms. The fourth-order valence-corrected chi connectivity index (χ4v) is 1.41. The maximum absolute atomic E-state index is 11.8. The number of carbonyl (C=O) groups excluding carboxylic acids is 1. The van der Waals surface area contributed by atoms with Gasteiger partial charge in [-0.2, -0.15) is 0 Å². The van der Waals surface area contributed by atoms with Crippen LogP contribution in [0.5, 0.6) is 5.75 Å². The zero-order valence-electron chi connectivity index (χ0n) is 9.65. The van der Waals surface area contributed by atoms with E-state index in [1.807, 2.05) is 0 Å². The number of nitrogens with one attached hydrogen (secondary N) is 2. The second kappa shape index (κ2) is 4.69. The molecule has 1 amide bonds. The van der Waals surface area contributed by atoms with Crippen LogP contribution in [0.25, 0.3) is 0 Å². The average Bonchev–Trinajstić information content (AvgIpc) is 2.77. The molecular weight excluding hydrogens is 218 g/mol. The predicted octanol–water partition coefficient (Wildman–Crippen LogP) is 1.98. The molecule has 0 bridgehead atoms. The zero-order valence-corrected chi connectivity index (χ0v) is 9.65. The molecule has 0 aliphatic carbocycles. The number of imidazole rings is 1. The van der Waals surface area contributed by atoms with Crippen LogP contribution in [0.4, 0.5) is 5.69 Å². The molecule has 1 aromatic carbocycles. The number of amides is 1. The van der Waals surface area contributed by atoms with Gasteiger partial charge in [-0.25, -0.2) is 4.98 Å². The summed E-state index contributed by atoms with van der Waals surface area (Å²) in [7, 11) is 1.60. The number of nitrogens with zero attached hydrogens (tertiary/aromatic N) is 1. The first-order chi connectivity index (χ1) is 8.19. The third-order valence-electron chi connectivity index (χ3n) is 2.30. The van der Waals surface area contributed by atoms with Crippen LogP contribution in [-0.4, -0.2) is 23.0 Å². The Bertz CT molecular complexity index is 517. The van der Waals surface area contributed by atoms with Gasteiger partial charge in [0.1, 0.15) is 17.3 Å². The maximum atomic E-state index is 11.8. The van der Waals surface area contributed by atoms with E-state index in [0.29, 0.717) is 17.2 Å². The van der Waals surface area contributed by atoms with Crippen LogP contribution in [0.2, 0.25) is 0 Å². The molecule has 2 aromatic rings. The lowest BCUT2D eigenvalue weighted by atomic mass is 10.3. The molecule has 0 spiro atoms. The lowest BCUT2D eigenvalue weighted by Gasteiger charge is -2.04. The van der Waals surface area contributed by atoms with Crippen LogP contribution in [0.15, 0.2) is 30.5 Å². The minimum atomic E-state index is -0.212. The Morgan fingerprint density at radius 3 is 2.59 bits per heavy atom. The van der Waals surface area contributed by atoms with Crippen molar-refractivity contribution < 1.29 is 9.53 Å². The van der Waals surface area contributed by atoms with Crippen molar-refractivity contribution in [2.75, 3.05) is 12.4 Å². The Labute approximate surface area is 98.8 Å². The van der Waals surface area contributed by atoms with Gasteiger partial charge in [-0.05, 0) is 31.2 Å².